The molecular weight excluding hydrogens is 299 g/mol. The fraction of sp³-hybridized carbons (Fsp3) is 0.455. The van der Waals surface area contributed by atoms with Crippen molar-refractivity contribution in [2.75, 3.05) is 13.6 Å². The molecule has 9 heteroatoms. The molecule has 1 aromatic carbocycles. The molecule has 114 valence electrons. The topological polar surface area (TPSA) is 66.8 Å². The Bertz CT molecular complexity index is 540. The first-order valence-corrected chi connectivity index (χ1v) is 6.96. The van der Waals surface area contributed by atoms with Gasteiger partial charge < -0.3 is 9.84 Å². The van der Waals surface area contributed by atoms with Crippen LogP contribution in [0.3, 0.4) is 0 Å². The minimum atomic E-state index is -4.83. The summed E-state index contributed by atoms with van der Waals surface area (Å²) >= 11 is 0. The highest BCUT2D eigenvalue weighted by atomic mass is 32.2. The molecule has 1 N–H and O–H groups in total. The van der Waals surface area contributed by atoms with Crippen molar-refractivity contribution in [1.29, 1.82) is 0 Å². The third-order valence-corrected chi connectivity index (χ3v) is 4.12. The van der Waals surface area contributed by atoms with Crippen LogP contribution in [0, 0.1) is 0 Å². The molecule has 0 spiro atoms. The van der Waals surface area contributed by atoms with Crippen LogP contribution in [-0.2, 0) is 10.0 Å². The molecule has 1 unspecified atom stereocenters. The number of ether oxygens (including phenoxy) is 1. The van der Waals surface area contributed by atoms with Crippen LogP contribution in [0.5, 0.6) is 5.75 Å². The summed E-state index contributed by atoms with van der Waals surface area (Å²) in [6.07, 6.45) is -5.69. The number of sulfonamides is 1. The van der Waals surface area contributed by atoms with E-state index in [1.54, 1.807) is 0 Å². The molecule has 0 saturated heterocycles. The van der Waals surface area contributed by atoms with Gasteiger partial charge in [0.05, 0.1) is 11.0 Å². The maximum Gasteiger partial charge on any atom is 0.573 e. The molecule has 5 nitrogen and oxygen atoms in total. The van der Waals surface area contributed by atoms with E-state index in [0.717, 1.165) is 28.6 Å². The highest BCUT2D eigenvalue weighted by molar-refractivity contribution is 7.89. The van der Waals surface area contributed by atoms with E-state index in [9.17, 15) is 21.6 Å². The Morgan fingerprint density at radius 3 is 2.20 bits per heavy atom. The standard InChI is InChI=1S/C11H14F3NO4S/c1-8(16)7-15(2)20(17,18)10-5-3-9(4-6-10)19-11(12,13)14/h3-6,8,16H,7H2,1-2H3. The number of rotatable bonds is 5. The molecule has 0 heterocycles. The second kappa shape index (κ2) is 5.98. The number of aliphatic hydroxyl groups excluding tert-OH is 1. The van der Waals surface area contributed by atoms with Gasteiger partial charge in [-0.1, -0.05) is 0 Å². The van der Waals surface area contributed by atoms with Gasteiger partial charge in [0.25, 0.3) is 0 Å². The summed E-state index contributed by atoms with van der Waals surface area (Å²) in [6.45, 7) is 1.30. The minimum Gasteiger partial charge on any atom is -0.406 e. The second-order valence-corrected chi connectivity index (χ2v) is 6.20. The van der Waals surface area contributed by atoms with Gasteiger partial charge in [-0.2, -0.15) is 4.31 Å². The van der Waals surface area contributed by atoms with E-state index >= 15 is 0 Å². The summed E-state index contributed by atoms with van der Waals surface area (Å²) < 4.78 is 64.5. The maximum absolute atomic E-state index is 12.0. The largest absolute Gasteiger partial charge is 0.573 e. The van der Waals surface area contributed by atoms with E-state index in [1.807, 2.05) is 0 Å². The first-order chi connectivity index (χ1) is 9.02. The van der Waals surface area contributed by atoms with Gasteiger partial charge in [0.2, 0.25) is 10.0 Å². The van der Waals surface area contributed by atoms with Crippen molar-refractivity contribution in [3.63, 3.8) is 0 Å². The molecule has 0 aliphatic carbocycles. The fourth-order valence-electron chi connectivity index (χ4n) is 1.46. The molecule has 0 saturated carbocycles. The Morgan fingerprint density at radius 2 is 1.80 bits per heavy atom. The first kappa shape index (κ1) is 16.7. The molecule has 0 aliphatic heterocycles. The minimum absolute atomic E-state index is 0.122. The van der Waals surface area contributed by atoms with Crippen molar-refractivity contribution in [1.82, 2.24) is 4.31 Å². The summed E-state index contributed by atoms with van der Waals surface area (Å²) in [4.78, 5) is -0.185. The predicted octanol–water partition coefficient (Wildman–Crippen LogP) is 1.59. The lowest BCUT2D eigenvalue weighted by atomic mass is 10.3. The molecule has 0 amide bonds. The predicted molar refractivity (Wildman–Crippen MR) is 64.6 cm³/mol. The van der Waals surface area contributed by atoms with Crippen LogP contribution >= 0.6 is 0 Å². The Labute approximate surface area is 114 Å². The van der Waals surface area contributed by atoms with Gasteiger partial charge in [-0.25, -0.2) is 8.42 Å². The fourth-order valence-corrected chi connectivity index (χ4v) is 2.72. The van der Waals surface area contributed by atoms with Crippen LogP contribution in [0.1, 0.15) is 6.92 Å². The van der Waals surface area contributed by atoms with Crippen molar-refractivity contribution >= 4 is 10.0 Å². The van der Waals surface area contributed by atoms with E-state index in [-0.39, 0.29) is 11.4 Å². The number of benzene rings is 1. The van der Waals surface area contributed by atoms with E-state index < -0.39 is 28.2 Å². The summed E-state index contributed by atoms with van der Waals surface area (Å²) in [7, 11) is -2.59. The normalized spacial score (nSPS) is 14.3. The van der Waals surface area contributed by atoms with Crippen molar-refractivity contribution in [3.05, 3.63) is 24.3 Å². The summed E-state index contributed by atoms with van der Waals surface area (Å²) in [5.41, 5.74) is 0. The second-order valence-electron chi connectivity index (χ2n) is 4.15. The quantitative estimate of drug-likeness (QED) is 0.896. The van der Waals surface area contributed by atoms with Gasteiger partial charge in [0.1, 0.15) is 5.75 Å². The van der Waals surface area contributed by atoms with Crippen LogP contribution in [0.25, 0.3) is 0 Å². The zero-order valence-electron chi connectivity index (χ0n) is 10.8. The molecule has 0 radical (unpaired) electrons. The average Bonchev–Trinajstić information content (AvgIpc) is 2.26. The average molecular weight is 313 g/mol. The monoisotopic (exact) mass is 313 g/mol. The Balaban J connectivity index is 2.92. The van der Waals surface area contributed by atoms with Gasteiger partial charge in [-0.05, 0) is 31.2 Å². The summed E-state index contributed by atoms with van der Waals surface area (Å²) in [5.74, 6) is -0.505. The van der Waals surface area contributed by atoms with Crippen molar-refractivity contribution in [3.8, 4) is 5.75 Å². The van der Waals surface area contributed by atoms with Crippen LogP contribution in [0.2, 0.25) is 0 Å². The zero-order chi connectivity index (χ0) is 15.6. The molecule has 1 atom stereocenters. The molecule has 1 rings (SSSR count). The Kier molecular flexibility index (Phi) is 5.00. The van der Waals surface area contributed by atoms with Crippen LogP contribution < -0.4 is 4.74 Å². The zero-order valence-corrected chi connectivity index (χ0v) is 11.6. The number of aliphatic hydroxyl groups is 1. The highest BCUT2D eigenvalue weighted by Crippen LogP contribution is 2.24. The summed E-state index contributed by atoms with van der Waals surface area (Å²) in [6, 6.07) is 3.84. The van der Waals surface area contributed by atoms with Crippen molar-refractivity contribution < 1.29 is 31.4 Å². The molecule has 0 bridgehead atoms. The van der Waals surface area contributed by atoms with E-state index in [0.29, 0.717) is 0 Å². The lowest BCUT2D eigenvalue weighted by molar-refractivity contribution is -0.274. The van der Waals surface area contributed by atoms with Gasteiger partial charge in [0, 0.05) is 13.6 Å². The van der Waals surface area contributed by atoms with E-state index in [2.05, 4.69) is 4.74 Å². The van der Waals surface area contributed by atoms with E-state index in [1.165, 1.54) is 14.0 Å². The maximum atomic E-state index is 12.0. The Hall–Kier alpha value is -1.32. The smallest absolute Gasteiger partial charge is 0.406 e. The van der Waals surface area contributed by atoms with Gasteiger partial charge in [0.15, 0.2) is 0 Å². The molecule has 20 heavy (non-hydrogen) atoms. The molecule has 0 fully saturated rings. The summed E-state index contributed by atoms with van der Waals surface area (Å²) in [5, 5.41) is 9.15. The van der Waals surface area contributed by atoms with Crippen molar-refractivity contribution in [2.45, 2.75) is 24.3 Å². The highest BCUT2D eigenvalue weighted by Gasteiger charge is 2.31. The number of likely N-dealkylation sites (N-methyl/N-ethyl adjacent to an activating group) is 1. The lowest BCUT2D eigenvalue weighted by Crippen LogP contribution is -2.33. The number of hydrogen-bond acceptors (Lipinski definition) is 4. The van der Waals surface area contributed by atoms with Gasteiger partial charge in [-0.3, -0.25) is 0 Å². The van der Waals surface area contributed by atoms with Crippen LogP contribution in [0.4, 0.5) is 13.2 Å². The van der Waals surface area contributed by atoms with E-state index in [4.69, 9.17) is 5.11 Å². The third kappa shape index (κ3) is 4.66. The third-order valence-electron chi connectivity index (χ3n) is 2.29. The number of alkyl halides is 3. The van der Waals surface area contributed by atoms with Crippen LogP contribution in [0.15, 0.2) is 29.2 Å². The van der Waals surface area contributed by atoms with Crippen LogP contribution in [-0.4, -0.2) is 43.9 Å². The number of halogens is 3. The number of nitrogens with zero attached hydrogens (tertiary/aromatic N) is 1. The lowest BCUT2D eigenvalue weighted by Gasteiger charge is -2.18. The SMILES string of the molecule is CC(O)CN(C)S(=O)(=O)c1ccc(OC(F)(F)F)cc1. The first-order valence-electron chi connectivity index (χ1n) is 5.52. The molecule has 1 aromatic rings. The van der Waals surface area contributed by atoms with Gasteiger partial charge >= 0.3 is 6.36 Å². The van der Waals surface area contributed by atoms with Crippen molar-refractivity contribution in [2.24, 2.45) is 0 Å². The molecular formula is C11H14F3NO4S. The molecule has 0 aliphatic rings. The van der Waals surface area contributed by atoms with Gasteiger partial charge in [-0.15, -0.1) is 13.2 Å². The molecule has 0 aromatic heterocycles. The number of hydrogen-bond donors (Lipinski definition) is 1. The Morgan fingerprint density at radius 1 is 1.30 bits per heavy atom.